The van der Waals surface area contributed by atoms with Gasteiger partial charge in [0, 0.05) is 6.42 Å². The van der Waals surface area contributed by atoms with E-state index in [1.807, 2.05) is 12.2 Å². The molecule has 2 N–H and O–H groups in total. The SMILES string of the molecule is CCCCCC=CCC(O)C=CCCCCCCC(=O)O. The smallest absolute Gasteiger partial charge is 0.303 e. The highest BCUT2D eigenvalue weighted by molar-refractivity contribution is 5.66. The van der Waals surface area contributed by atoms with Crippen LogP contribution in [0.15, 0.2) is 24.3 Å². The van der Waals surface area contributed by atoms with E-state index in [1.165, 1.54) is 19.3 Å². The number of carboxylic acids is 1. The summed E-state index contributed by atoms with van der Waals surface area (Å²) in [6, 6.07) is 0. The summed E-state index contributed by atoms with van der Waals surface area (Å²) in [4.78, 5) is 10.3. The number of aliphatic hydroxyl groups excluding tert-OH is 1. The van der Waals surface area contributed by atoms with Crippen molar-refractivity contribution in [3.8, 4) is 0 Å². The van der Waals surface area contributed by atoms with Gasteiger partial charge in [-0.1, -0.05) is 56.9 Å². The fraction of sp³-hybridized carbons (Fsp3) is 0.722. The minimum absolute atomic E-state index is 0.277. The van der Waals surface area contributed by atoms with Crippen LogP contribution in [0.4, 0.5) is 0 Å². The van der Waals surface area contributed by atoms with Crippen LogP contribution in [-0.4, -0.2) is 22.3 Å². The Kier molecular flexibility index (Phi) is 14.5. The van der Waals surface area contributed by atoms with E-state index in [9.17, 15) is 9.90 Å². The average molecular weight is 296 g/mol. The second-order valence-electron chi connectivity index (χ2n) is 5.55. The van der Waals surface area contributed by atoms with Crippen molar-refractivity contribution in [3.63, 3.8) is 0 Å². The molecule has 3 heteroatoms. The quantitative estimate of drug-likeness (QED) is 0.355. The molecule has 0 aliphatic rings. The highest BCUT2D eigenvalue weighted by Crippen LogP contribution is 2.07. The zero-order valence-corrected chi connectivity index (χ0v) is 13.5. The molecule has 0 aliphatic heterocycles. The number of hydrogen-bond donors (Lipinski definition) is 2. The fourth-order valence-corrected chi connectivity index (χ4v) is 2.09. The van der Waals surface area contributed by atoms with Crippen LogP contribution < -0.4 is 0 Å². The van der Waals surface area contributed by atoms with Gasteiger partial charge < -0.3 is 10.2 Å². The Morgan fingerprint density at radius 1 is 0.952 bits per heavy atom. The zero-order valence-electron chi connectivity index (χ0n) is 13.5. The standard InChI is InChI=1S/C18H32O3/c1-2-3-4-5-8-11-14-17(19)15-12-9-6-7-10-13-16-18(20)21/h8,11-12,15,17,19H,2-7,9-10,13-14,16H2,1H3,(H,20,21). The molecule has 0 aliphatic carbocycles. The van der Waals surface area contributed by atoms with E-state index in [2.05, 4.69) is 19.1 Å². The van der Waals surface area contributed by atoms with Crippen molar-refractivity contribution in [2.24, 2.45) is 0 Å². The maximum Gasteiger partial charge on any atom is 0.303 e. The lowest BCUT2D eigenvalue weighted by Crippen LogP contribution is -1.99. The molecule has 0 fully saturated rings. The van der Waals surface area contributed by atoms with E-state index < -0.39 is 5.97 Å². The van der Waals surface area contributed by atoms with Crippen LogP contribution in [0.1, 0.15) is 77.6 Å². The van der Waals surface area contributed by atoms with Gasteiger partial charge in [-0.2, -0.15) is 0 Å². The monoisotopic (exact) mass is 296 g/mol. The molecule has 0 aromatic carbocycles. The first kappa shape index (κ1) is 19.9. The molecule has 3 nitrogen and oxygen atoms in total. The lowest BCUT2D eigenvalue weighted by molar-refractivity contribution is -0.137. The summed E-state index contributed by atoms with van der Waals surface area (Å²) >= 11 is 0. The average Bonchev–Trinajstić information content (AvgIpc) is 2.45. The Bertz CT molecular complexity index is 295. The number of hydrogen-bond acceptors (Lipinski definition) is 2. The topological polar surface area (TPSA) is 57.5 Å². The predicted octanol–water partition coefficient (Wildman–Crippen LogP) is 4.86. The number of aliphatic hydroxyl groups is 1. The highest BCUT2D eigenvalue weighted by atomic mass is 16.4. The molecule has 0 amide bonds. The molecule has 122 valence electrons. The maximum atomic E-state index is 10.3. The Hall–Kier alpha value is -1.09. The third-order valence-electron chi connectivity index (χ3n) is 3.39. The molecule has 0 bridgehead atoms. The molecule has 0 saturated carbocycles. The second kappa shape index (κ2) is 15.3. The van der Waals surface area contributed by atoms with Gasteiger partial charge in [-0.25, -0.2) is 0 Å². The van der Waals surface area contributed by atoms with Crippen molar-refractivity contribution in [1.29, 1.82) is 0 Å². The van der Waals surface area contributed by atoms with E-state index in [0.717, 1.165) is 38.5 Å². The molecule has 1 unspecified atom stereocenters. The molecule has 0 heterocycles. The van der Waals surface area contributed by atoms with E-state index in [4.69, 9.17) is 5.11 Å². The van der Waals surface area contributed by atoms with Crippen molar-refractivity contribution in [3.05, 3.63) is 24.3 Å². The number of unbranched alkanes of at least 4 members (excludes halogenated alkanes) is 7. The van der Waals surface area contributed by atoms with Gasteiger partial charge >= 0.3 is 5.97 Å². The first-order valence-electron chi connectivity index (χ1n) is 8.38. The van der Waals surface area contributed by atoms with Gasteiger partial charge in [0.25, 0.3) is 0 Å². The van der Waals surface area contributed by atoms with Gasteiger partial charge in [0.05, 0.1) is 6.10 Å². The molecule has 0 spiro atoms. The fourth-order valence-electron chi connectivity index (χ4n) is 2.09. The lowest BCUT2D eigenvalue weighted by Gasteiger charge is -2.01. The Labute approximate surface area is 129 Å². The normalized spacial score (nSPS) is 13.2. The third-order valence-corrected chi connectivity index (χ3v) is 3.39. The first-order chi connectivity index (χ1) is 10.2. The van der Waals surface area contributed by atoms with Crippen molar-refractivity contribution in [2.45, 2.75) is 83.7 Å². The van der Waals surface area contributed by atoms with Gasteiger partial charge in [0.15, 0.2) is 0 Å². The van der Waals surface area contributed by atoms with Gasteiger partial charge in [0.2, 0.25) is 0 Å². The van der Waals surface area contributed by atoms with Crippen molar-refractivity contribution in [1.82, 2.24) is 0 Å². The number of rotatable bonds is 14. The summed E-state index contributed by atoms with van der Waals surface area (Å²) in [6.07, 6.45) is 18.4. The Morgan fingerprint density at radius 2 is 1.62 bits per heavy atom. The van der Waals surface area contributed by atoms with Crippen molar-refractivity contribution >= 4 is 5.97 Å². The third kappa shape index (κ3) is 16.9. The van der Waals surface area contributed by atoms with Crippen LogP contribution in [0, 0.1) is 0 Å². The molecule has 0 radical (unpaired) electrons. The summed E-state index contributed by atoms with van der Waals surface area (Å²) in [6.45, 7) is 2.20. The lowest BCUT2D eigenvalue weighted by atomic mass is 10.1. The van der Waals surface area contributed by atoms with Crippen LogP contribution in [0.2, 0.25) is 0 Å². The summed E-state index contributed by atoms with van der Waals surface area (Å²) in [7, 11) is 0. The molecule has 1 atom stereocenters. The maximum absolute atomic E-state index is 10.3. The molecule has 0 aromatic rings. The Morgan fingerprint density at radius 3 is 2.33 bits per heavy atom. The van der Waals surface area contributed by atoms with Crippen LogP contribution in [0.5, 0.6) is 0 Å². The zero-order chi connectivity index (χ0) is 15.8. The van der Waals surface area contributed by atoms with E-state index in [0.29, 0.717) is 6.42 Å². The number of carbonyl (C=O) groups is 1. The van der Waals surface area contributed by atoms with Gasteiger partial charge in [0.1, 0.15) is 0 Å². The molecule has 0 saturated heterocycles. The number of aliphatic carboxylic acids is 1. The van der Waals surface area contributed by atoms with Crippen molar-refractivity contribution < 1.29 is 15.0 Å². The summed E-state index contributed by atoms with van der Waals surface area (Å²) < 4.78 is 0. The molecule has 0 aromatic heterocycles. The van der Waals surface area contributed by atoms with Gasteiger partial charge in [-0.05, 0) is 38.5 Å². The van der Waals surface area contributed by atoms with Gasteiger partial charge in [-0.15, -0.1) is 0 Å². The van der Waals surface area contributed by atoms with Crippen molar-refractivity contribution in [2.75, 3.05) is 0 Å². The van der Waals surface area contributed by atoms with E-state index >= 15 is 0 Å². The van der Waals surface area contributed by atoms with Gasteiger partial charge in [-0.3, -0.25) is 4.79 Å². The molecule has 21 heavy (non-hydrogen) atoms. The van der Waals surface area contributed by atoms with E-state index in [1.54, 1.807) is 0 Å². The van der Waals surface area contributed by atoms with Crippen LogP contribution in [-0.2, 0) is 4.79 Å². The second-order valence-corrected chi connectivity index (χ2v) is 5.55. The minimum Gasteiger partial charge on any atom is -0.481 e. The number of allylic oxidation sites excluding steroid dienone is 2. The Balaban J connectivity index is 3.41. The van der Waals surface area contributed by atoms with Crippen LogP contribution >= 0.6 is 0 Å². The first-order valence-corrected chi connectivity index (χ1v) is 8.38. The summed E-state index contributed by atoms with van der Waals surface area (Å²) in [5, 5.41) is 18.3. The predicted molar refractivity (Wildman–Crippen MR) is 88.4 cm³/mol. The molecule has 0 rings (SSSR count). The summed E-state index contributed by atoms with van der Waals surface area (Å²) in [5.41, 5.74) is 0. The minimum atomic E-state index is -0.708. The largest absolute Gasteiger partial charge is 0.481 e. The molecular weight excluding hydrogens is 264 g/mol. The molecular formula is C18H32O3. The van der Waals surface area contributed by atoms with Crippen LogP contribution in [0.3, 0.4) is 0 Å². The van der Waals surface area contributed by atoms with Crippen LogP contribution in [0.25, 0.3) is 0 Å². The highest BCUT2D eigenvalue weighted by Gasteiger charge is 1.96. The van der Waals surface area contributed by atoms with E-state index in [-0.39, 0.29) is 12.5 Å². The summed E-state index contributed by atoms with van der Waals surface area (Å²) in [5.74, 6) is -0.708. The number of carboxylic acid groups (broad SMARTS) is 1.